The molecule has 0 radical (unpaired) electrons. The Labute approximate surface area is 103 Å². The summed E-state index contributed by atoms with van der Waals surface area (Å²) in [6.45, 7) is 7.26. The highest BCUT2D eigenvalue weighted by Gasteiger charge is 2.25. The number of aromatic nitrogens is 1. The standard InChI is InChI=1S/C14H22N2O/c1-10-7-8-14(17)13(15-10)9-16-11(2)5-4-6-12(16)3/h7-8,11-12,17H,4-6,9H2,1-3H3. The van der Waals surface area contributed by atoms with E-state index >= 15 is 0 Å². The van der Waals surface area contributed by atoms with Gasteiger partial charge in [0.05, 0.1) is 5.69 Å². The van der Waals surface area contributed by atoms with Crippen molar-refractivity contribution in [1.29, 1.82) is 0 Å². The fourth-order valence-electron chi connectivity index (χ4n) is 2.68. The first-order chi connectivity index (χ1) is 8.08. The molecule has 1 aromatic rings. The van der Waals surface area contributed by atoms with Crippen LogP contribution in [0.5, 0.6) is 5.75 Å². The summed E-state index contributed by atoms with van der Waals surface area (Å²) in [6.07, 6.45) is 3.81. The fourth-order valence-corrected chi connectivity index (χ4v) is 2.68. The number of aromatic hydroxyl groups is 1. The van der Waals surface area contributed by atoms with E-state index < -0.39 is 0 Å². The Morgan fingerprint density at radius 2 is 1.94 bits per heavy atom. The molecule has 94 valence electrons. The molecule has 0 saturated carbocycles. The zero-order chi connectivity index (χ0) is 12.4. The fraction of sp³-hybridized carbons (Fsp3) is 0.643. The molecule has 2 atom stereocenters. The van der Waals surface area contributed by atoms with Crippen LogP contribution in [0.1, 0.15) is 44.5 Å². The summed E-state index contributed by atoms with van der Waals surface area (Å²) in [7, 11) is 0. The molecule has 1 fully saturated rings. The van der Waals surface area contributed by atoms with E-state index in [0.29, 0.717) is 17.8 Å². The molecule has 0 spiro atoms. The van der Waals surface area contributed by atoms with Gasteiger partial charge in [0, 0.05) is 24.3 Å². The minimum atomic E-state index is 0.320. The van der Waals surface area contributed by atoms with Crippen molar-refractivity contribution in [3.8, 4) is 5.75 Å². The number of piperidine rings is 1. The maximum atomic E-state index is 9.85. The van der Waals surface area contributed by atoms with Crippen LogP contribution < -0.4 is 0 Å². The van der Waals surface area contributed by atoms with Crippen LogP contribution in [0.15, 0.2) is 12.1 Å². The average Bonchev–Trinajstić information content (AvgIpc) is 2.28. The Kier molecular flexibility index (Phi) is 3.67. The first-order valence-corrected chi connectivity index (χ1v) is 6.49. The van der Waals surface area contributed by atoms with Crippen LogP contribution in [0.2, 0.25) is 0 Å². The third-order valence-corrected chi connectivity index (χ3v) is 3.80. The number of aryl methyl sites for hydroxylation is 1. The molecule has 17 heavy (non-hydrogen) atoms. The highest BCUT2D eigenvalue weighted by molar-refractivity contribution is 5.27. The van der Waals surface area contributed by atoms with Gasteiger partial charge in [0.25, 0.3) is 0 Å². The summed E-state index contributed by atoms with van der Waals surface area (Å²) in [5.74, 6) is 0.320. The molecule has 3 nitrogen and oxygen atoms in total. The molecule has 0 amide bonds. The Bertz CT molecular complexity index is 382. The van der Waals surface area contributed by atoms with E-state index in [1.165, 1.54) is 19.3 Å². The molecule has 0 bridgehead atoms. The Morgan fingerprint density at radius 1 is 1.29 bits per heavy atom. The van der Waals surface area contributed by atoms with E-state index in [9.17, 15) is 5.11 Å². The Morgan fingerprint density at radius 3 is 2.59 bits per heavy atom. The zero-order valence-electron chi connectivity index (χ0n) is 11.0. The second-order valence-electron chi connectivity index (χ2n) is 5.22. The van der Waals surface area contributed by atoms with Crippen LogP contribution in [0, 0.1) is 6.92 Å². The van der Waals surface area contributed by atoms with E-state index in [2.05, 4.69) is 23.7 Å². The maximum absolute atomic E-state index is 9.85. The molecule has 3 heteroatoms. The second kappa shape index (κ2) is 5.05. The predicted octanol–water partition coefficient (Wildman–Crippen LogP) is 2.86. The lowest BCUT2D eigenvalue weighted by molar-refractivity contribution is 0.0928. The predicted molar refractivity (Wildman–Crippen MR) is 69.0 cm³/mol. The maximum Gasteiger partial charge on any atom is 0.138 e. The third-order valence-electron chi connectivity index (χ3n) is 3.80. The summed E-state index contributed by atoms with van der Waals surface area (Å²) in [6, 6.07) is 4.76. The molecular weight excluding hydrogens is 212 g/mol. The molecule has 1 saturated heterocycles. The van der Waals surface area contributed by atoms with E-state index in [0.717, 1.165) is 17.9 Å². The number of likely N-dealkylation sites (tertiary alicyclic amines) is 1. The van der Waals surface area contributed by atoms with Crippen molar-refractivity contribution in [2.45, 2.75) is 58.7 Å². The molecule has 2 unspecified atom stereocenters. The number of nitrogens with zero attached hydrogens (tertiary/aromatic N) is 2. The average molecular weight is 234 g/mol. The lowest BCUT2D eigenvalue weighted by atomic mass is 9.97. The van der Waals surface area contributed by atoms with Crippen molar-refractivity contribution < 1.29 is 5.11 Å². The molecule has 1 N–H and O–H groups in total. The van der Waals surface area contributed by atoms with Gasteiger partial charge in [-0.2, -0.15) is 0 Å². The molecule has 2 rings (SSSR count). The minimum absolute atomic E-state index is 0.320. The monoisotopic (exact) mass is 234 g/mol. The molecule has 1 aromatic heterocycles. The summed E-state index contributed by atoms with van der Waals surface area (Å²) < 4.78 is 0. The molecular formula is C14H22N2O. The van der Waals surface area contributed by atoms with Gasteiger partial charge in [-0.15, -0.1) is 0 Å². The van der Waals surface area contributed by atoms with E-state index in [1.54, 1.807) is 6.07 Å². The Balaban J connectivity index is 2.16. The van der Waals surface area contributed by atoms with Gasteiger partial charge in [-0.1, -0.05) is 6.42 Å². The minimum Gasteiger partial charge on any atom is -0.506 e. The van der Waals surface area contributed by atoms with Gasteiger partial charge >= 0.3 is 0 Å². The van der Waals surface area contributed by atoms with Gasteiger partial charge in [-0.3, -0.25) is 9.88 Å². The largest absolute Gasteiger partial charge is 0.506 e. The van der Waals surface area contributed by atoms with Crippen LogP contribution in [0.25, 0.3) is 0 Å². The van der Waals surface area contributed by atoms with Crippen molar-refractivity contribution in [3.63, 3.8) is 0 Å². The smallest absolute Gasteiger partial charge is 0.138 e. The van der Waals surface area contributed by atoms with Crippen LogP contribution in [-0.4, -0.2) is 27.1 Å². The van der Waals surface area contributed by atoms with Crippen molar-refractivity contribution in [3.05, 3.63) is 23.5 Å². The van der Waals surface area contributed by atoms with E-state index in [4.69, 9.17) is 0 Å². The highest BCUT2D eigenvalue weighted by atomic mass is 16.3. The van der Waals surface area contributed by atoms with Crippen molar-refractivity contribution in [1.82, 2.24) is 9.88 Å². The van der Waals surface area contributed by atoms with Crippen LogP contribution in [0.4, 0.5) is 0 Å². The highest BCUT2D eigenvalue weighted by Crippen LogP contribution is 2.26. The van der Waals surface area contributed by atoms with Crippen LogP contribution in [-0.2, 0) is 6.54 Å². The molecule has 2 heterocycles. The van der Waals surface area contributed by atoms with Crippen LogP contribution in [0.3, 0.4) is 0 Å². The van der Waals surface area contributed by atoms with E-state index in [1.807, 2.05) is 13.0 Å². The lowest BCUT2D eigenvalue weighted by Gasteiger charge is -2.38. The summed E-state index contributed by atoms with van der Waals surface area (Å²) in [4.78, 5) is 6.89. The summed E-state index contributed by atoms with van der Waals surface area (Å²) in [5, 5.41) is 9.85. The SMILES string of the molecule is Cc1ccc(O)c(CN2C(C)CCCC2C)n1. The van der Waals surface area contributed by atoms with Gasteiger partial charge in [0.1, 0.15) is 5.75 Å². The number of pyridine rings is 1. The zero-order valence-corrected chi connectivity index (χ0v) is 11.0. The second-order valence-corrected chi connectivity index (χ2v) is 5.22. The topological polar surface area (TPSA) is 36.4 Å². The normalized spacial score (nSPS) is 26.1. The van der Waals surface area contributed by atoms with Gasteiger partial charge < -0.3 is 5.11 Å². The van der Waals surface area contributed by atoms with Gasteiger partial charge in [-0.25, -0.2) is 0 Å². The molecule has 1 aliphatic rings. The quantitative estimate of drug-likeness (QED) is 0.854. The van der Waals surface area contributed by atoms with Crippen molar-refractivity contribution in [2.24, 2.45) is 0 Å². The first kappa shape index (κ1) is 12.4. The number of rotatable bonds is 2. The molecule has 1 aliphatic heterocycles. The van der Waals surface area contributed by atoms with Crippen molar-refractivity contribution in [2.75, 3.05) is 0 Å². The molecule has 0 aliphatic carbocycles. The van der Waals surface area contributed by atoms with Gasteiger partial charge in [0.15, 0.2) is 0 Å². The first-order valence-electron chi connectivity index (χ1n) is 6.49. The van der Waals surface area contributed by atoms with Gasteiger partial charge in [-0.05, 0) is 45.7 Å². The number of hydrogen-bond acceptors (Lipinski definition) is 3. The summed E-state index contributed by atoms with van der Waals surface area (Å²) in [5.41, 5.74) is 1.78. The van der Waals surface area contributed by atoms with E-state index in [-0.39, 0.29) is 0 Å². The van der Waals surface area contributed by atoms with Crippen molar-refractivity contribution >= 4 is 0 Å². The summed E-state index contributed by atoms with van der Waals surface area (Å²) >= 11 is 0. The lowest BCUT2D eigenvalue weighted by Crippen LogP contribution is -2.43. The number of hydrogen-bond donors (Lipinski definition) is 1. The van der Waals surface area contributed by atoms with Crippen LogP contribution >= 0.6 is 0 Å². The van der Waals surface area contributed by atoms with Gasteiger partial charge in [0.2, 0.25) is 0 Å². The Hall–Kier alpha value is -1.09. The third kappa shape index (κ3) is 2.78. The molecule has 0 aromatic carbocycles.